The van der Waals surface area contributed by atoms with Crippen LogP contribution in [0.1, 0.15) is 47.8 Å². The van der Waals surface area contributed by atoms with E-state index in [1.807, 2.05) is 0 Å². The molecule has 4 rings (SSSR count). The third-order valence-electron chi connectivity index (χ3n) is 6.41. The summed E-state index contributed by atoms with van der Waals surface area (Å²) in [5.41, 5.74) is 1.24. The zero-order chi connectivity index (χ0) is 26.6. The molecule has 1 aliphatic rings. The highest BCUT2D eigenvalue weighted by Gasteiger charge is 2.64. The molecule has 0 saturated carbocycles. The van der Waals surface area contributed by atoms with Crippen LogP contribution in [0.2, 0.25) is 0 Å². The summed E-state index contributed by atoms with van der Waals surface area (Å²) < 4.78 is 76.9. The number of carbonyl (C=O) groups excluding carboxylic acids is 1. The lowest BCUT2D eigenvalue weighted by Gasteiger charge is -2.48. The molecule has 0 unspecified atom stereocenters. The minimum absolute atomic E-state index is 0.0965. The maximum absolute atomic E-state index is 14.5. The van der Waals surface area contributed by atoms with Gasteiger partial charge in [-0.15, -0.1) is 0 Å². The molecular weight excluding hydrogens is 487 g/mol. The summed E-state index contributed by atoms with van der Waals surface area (Å²) in [4.78, 5) is 13.2. The first-order valence-electron chi connectivity index (χ1n) is 10.8. The lowest BCUT2D eigenvalue weighted by Crippen LogP contribution is -2.60. The minimum Gasteiger partial charge on any atom is -0.493 e. The Morgan fingerprint density at radius 1 is 1.19 bits per heavy atom. The second kappa shape index (κ2) is 8.47. The van der Waals surface area contributed by atoms with Crippen molar-refractivity contribution < 1.29 is 36.6 Å². The molecule has 4 N–H and O–H groups in total. The first-order valence-corrected chi connectivity index (χ1v) is 10.8. The molecule has 2 atom stereocenters. The fourth-order valence-corrected chi connectivity index (χ4v) is 4.82. The molecule has 1 heterocycles. The van der Waals surface area contributed by atoms with Crippen molar-refractivity contribution in [3.8, 4) is 11.4 Å². The number of fused-ring (bicyclic) bond motifs is 1. The molecule has 2 aromatic carbocycles. The van der Waals surface area contributed by atoms with Gasteiger partial charge >= 0.3 is 6.18 Å². The number of nitrogens with two attached hydrogens (primary N) is 1. The van der Waals surface area contributed by atoms with Crippen LogP contribution in [0.3, 0.4) is 0 Å². The SMILES string of the molecule is COc1c(F)ccc2c1C(C)(C)C[C@](O)(C(F)(F)F)[C@H]2NC(=O)c1cnn(-c2ccc(F)cc2)c1N. The third-order valence-corrected chi connectivity index (χ3v) is 6.41. The Kier molecular flexibility index (Phi) is 5.98. The van der Waals surface area contributed by atoms with Gasteiger partial charge in [-0.3, -0.25) is 4.79 Å². The molecular formula is C24H23F5N4O3. The van der Waals surface area contributed by atoms with Crippen molar-refractivity contribution in [2.24, 2.45) is 0 Å². The number of methoxy groups -OCH3 is 1. The summed E-state index contributed by atoms with van der Waals surface area (Å²) in [7, 11) is 1.18. The number of hydrogen-bond donors (Lipinski definition) is 3. The number of halogens is 5. The Labute approximate surface area is 202 Å². The van der Waals surface area contributed by atoms with Crippen molar-refractivity contribution in [1.82, 2.24) is 15.1 Å². The van der Waals surface area contributed by atoms with E-state index < -0.39 is 47.2 Å². The molecule has 0 radical (unpaired) electrons. The number of aromatic nitrogens is 2. The lowest BCUT2D eigenvalue weighted by molar-refractivity contribution is -0.280. The predicted molar refractivity (Wildman–Crippen MR) is 120 cm³/mol. The topological polar surface area (TPSA) is 102 Å². The van der Waals surface area contributed by atoms with E-state index >= 15 is 0 Å². The Morgan fingerprint density at radius 2 is 1.83 bits per heavy atom. The normalized spacial score (nSPS) is 21.1. The molecule has 1 aromatic heterocycles. The van der Waals surface area contributed by atoms with Gasteiger partial charge < -0.3 is 20.9 Å². The van der Waals surface area contributed by atoms with Gasteiger partial charge in [-0.2, -0.15) is 18.3 Å². The van der Waals surface area contributed by atoms with E-state index in [-0.39, 0.29) is 28.3 Å². The molecule has 192 valence electrons. The first-order chi connectivity index (χ1) is 16.7. The van der Waals surface area contributed by atoms with Crippen molar-refractivity contribution in [3.63, 3.8) is 0 Å². The van der Waals surface area contributed by atoms with Gasteiger partial charge in [0, 0.05) is 5.56 Å². The molecule has 0 fully saturated rings. The van der Waals surface area contributed by atoms with Gasteiger partial charge in [-0.1, -0.05) is 19.9 Å². The summed E-state index contributed by atoms with van der Waals surface area (Å²) in [6, 6.07) is 4.97. The van der Waals surface area contributed by atoms with Crippen molar-refractivity contribution in [3.05, 3.63) is 70.9 Å². The Hall–Kier alpha value is -3.67. The van der Waals surface area contributed by atoms with Gasteiger partial charge in [-0.05, 0) is 47.7 Å². The number of aliphatic hydroxyl groups is 1. The van der Waals surface area contributed by atoms with Crippen LogP contribution in [0, 0.1) is 11.6 Å². The summed E-state index contributed by atoms with van der Waals surface area (Å²) >= 11 is 0. The molecule has 7 nitrogen and oxygen atoms in total. The van der Waals surface area contributed by atoms with Crippen molar-refractivity contribution >= 4 is 11.7 Å². The maximum atomic E-state index is 14.5. The molecule has 1 aliphatic carbocycles. The Morgan fingerprint density at radius 3 is 2.42 bits per heavy atom. The standard InChI is InChI=1S/C24H23F5N4O3/c1-22(2)11-23(35,24(27,28)29)19(14-8-9-16(26)18(36-3)17(14)22)32-21(34)15-10-31-33(20(15)30)13-6-4-12(25)5-7-13/h4-10,19,35H,11,30H2,1-3H3,(H,32,34)/t19-,23+/m0/s1. The summed E-state index contributed by atoms with van der Waals surface area (Å²) in [6.45, 7) is 2.85. The van der Waals surface area contributed by atoms with Crippen LogP contribution in [0.25, 0.3) is 5.69 Å². The fourth-order valence-electron chi connectivity index (χ4n) is 4.82. The van der Waals surface area contributed by atoms with Gasteiger partial charge in [0.1, 0.15) is 17.2 Å². The average molecular weight is 510 g/mol. The van der Waals surface area contributed by atoms with Crippen LogP contribution in [-0.2, 0) is 5.41 Å². The van der Waals surface area contributed by atoms with E-state index in [1.54, 1.807) is 0 Å². The highest BCUT2D eigenvalue weighted by Crippen LogP contribution is 2.55. The summed E-state index contributed by atoms with van der Waals surface area (Å²) in [6.07, 6.45) is -5.00. The minimum atomic E-state index is -5.16. The number of anilines is 1. The number of nitrogens with one attached hydrogen (secondary N) is 1. The molecule has 3 aromatic rings. The monoisotopic (exact) mass is 510 g/mol. The number of alkyl halides is 3. The second-order valence-electron chi connectivity index (χ2n) is 9.27. The zero-order valence-corrected chi connectivity index (χ0v) is 19.5. The van der Waals surface area contributed by atoms with E-state index in [0.29, 0.717) is 5.69 Å². The van der Waals surface area contributed by atoms with Crippen LogP contribution in [0.4, 0.5) is 27.8 Å². The van der Waals surface area contributed by atoms with Crippen molar-refractivity contribution in [1.29, 1.82) is 0 Å². The van der Waals surface area contributed by atoms with Gasteiger partial charge in [-0.25, -0.2) is 13.5 Å². The molecule has 12 heteroatoms. The van der Waals surface area contributed by atoms with Crippen LogP contribution < -0.4 is 15.8 Å². The smallest absolute Gasteiger partial charge is 0.419 e. The van der Waals surface area contributed by atoms with Crippen LogP contribution in [0.5, 0.6) is 5.75 Å². The van der Waals surface area contributed by atoms with E-state index in [1.165, 1.54) is 33.1 Å². The molecule has 1 amide bonds. The number of amides is 1. The maximum Gasteiger partial charge on any atom is 0.419 e. The van der Waals surface area contributed by atoms with Gasteiger partial charge in [0.05, 0.1) is 25.0 Å². The number of benzene rings is 2. The van der Waals surface area contributed by atoms with E-state index in [0.717, 1.165) is 35.1 Å². The zero-order valence-electron chi connectivity index (χ0n) is 19.5. The molecule has 0 saturated heterocycles. The van der Waals surface area contributed by atoms with Gasteiger partial charge in [0.15, 0.2) is 17.2 Å². The third kappa shape index (κ3) is 3.94. The highest BCUT2D eigenvalue weighted by molar-refractivity contribution is 5.98. The van der Waals surface area contributed by atoms with Crippen molar-refractivity contribution in [2.75, 3.05) is 12.8 Å². The number of ether oxygens (including phenoxy) is 1. The average Bonchev–Trinajstić information content (AvgIpc) is 3.17. The number of carbonyl (C=O) groups is 1. The number of hydrogen-bond acceptors (Lipinski definition) is 5. The quantitative estimate of drug-likeness (QED) is 0.457. The number of rotatable bonds is 4. The number of nitrogens with zero attached hydrogens (tertiary/aromatic N) is 2. The Balaban J connectivity index is 1.81. The second-order valence-corrected chi connectivity index (χ2v) is 9.27. The van der Waals surface area contributed by atoms with E-state index in [9.17, 15) is 31.9 Å². The van der Waals surface area contributed by atoms with E-state index in [2.05, 4.69) is 10.4 Å². The van der Waals surface area contributed by atoms with Gasteiger partial charge in [0.2, 0.25) is 0 Å². The van der Waals surface area contributed by atoms with Crippen LogP contribution in [-0.4, -0.2) is 39.7 Å². The summed E-state index contributed by atoms with van der Waals surface area (Å²) in [5.74, 6) is -2.86. The molecule has 0 spiro atoms. The highest BCUT2D eigenvalue weighted by atomic mass is 19.4. The Bertz CT molecular complexity index is 1320. The van der Waals surface area contributed by atoms with E-state index in [4.69, 9.17) is 10.5 Å². The lowest BCUT2D eigenvalue weighted by atomic mass is 9.63. The van der Waals surface area contributed by atoms with Crippen LogP contribution in [0.15, 0.2) is 42.6 Å². The molecule has 36 heavy (non-hydrogen) atoms. The van der Waals surface area contributed by atoms with Gasteiger partial charge in [0.25, 0.3) is 5.91 Å². The fraction of sp³-hybridized carbons (Fsp3) is 0.333. The molecule has 0 bridgehead atoms. The van der Waals surface area contributed by atoms with Crippen LogP contribution >= 0.6 is 0 Å². The number of nitrogen functional groups attached to an aromatic ring is 1. The predicted octanol–water partition coefficient (Wildman–Crippen LogP) is 4.19. The molecule has 0 aliphatic heterocycles. The summed E-state index contributed by atoms with van der Waals surface area (Å²) in [5, 5.41) is 17.2. The van der Waals surface area contributed by atoms with Crippen molar-refractivity contribution in [2.45, 2.75) is 43.5 Å². The largest absolute Gasteiger partial charge is 0.493 e. The first kappa shape index (κ1) is 25.4.